The van der Waals surface area contributed by atoms with Crippen LogP contribution in [0.25, 0.3) is 0 Å². The van der Waals surface area contributed by atoms with Gasteiger partial charge in [-0.15, -0.1) is 11.6 Å². The first-order valence-electron chi connectivity index (χ1n) is 3.79. The fourth-order valence-corrected chi connectivity index (χ4v) is 1.09. The molecule has 1 atom stereocenters. The summed E-state index contributed by atoms with van der Waals surface area (Å²) in [5, 5.41) is 0. The SMILES string of the molecule is CC(C)(C)[C@H]1COC(CCl)=N1. The molecule has 0 amide bonds. The summed E-state index contributed by atoms with van der Waals surface area (Å²) in [5.41, 5.74) is 0.188. The predicted octanol–water partition coefficient (Wildman–Crippen LogP) is 2.07. The Kier molecular flexibility index (Phi) is 2.43. The molecular formula is C8H14ClNO. The van der Waals surface area contributed by atoms with Crippen LogP contribution in [0.4, 0.5) is 0 Å². The summed E-state index contributed by atoms with van der Waals surface area (Å²) in [6.45, 7) is 7.15. The topological polar surface area (TPSA) is 21.6 Å². The van der Waals surface area contributed by atoms with Gasteiger partial charge in [0, 0.05) is 0 Å². The molecule has 0 radical (unpaired) electrons. The maximum atomic E-state index is 5.57. The Hall–Kier alpha value is -0.240. The summed E-state index contributed by atoms with van der Waals surface area (Å²) in [4.78, 5) is 4.34. The van der Waals surface area contributed by atoms with E-state index in [-0.39, 0.29) is 11.5 Å². The monoisotopic (exact) mass is 175 g/mol. The Labute approximate surface area is 72.6 Å². The lowest BCUT2D eigenvalue weighted by Crippen LogP contribution is -2.25. The first-order valence-corrected chi connectivity index (χ1v) is 4.33. The van der Waals surface area contributed by atoms with E-state index in [0.717, 1.165) is 0 Å². The summed E-state index contributed by atoms with van der Waals surface area (Å²) >= 11 is 5.57. The molecule has 0 aromatic rings. The number of halogens is 1. The number of hydrogen-bond donors (Lipinski definition) is 0. The molecule has 0 saturated carbocycles. The molecule has 1 rings (SSSR count). The Morgan fingerprint density at radius 1 is 1.64 bits per heavy atom. The van der Waals surface area contributed by atoms with Crippen molar-refractivity contribution in [3.05, 3.63) is 0 Å². The van der Waals surface area contributed by atoms with Crippen LogP contribution in [0.5, 0.6) is 0 Å². The van der Waals surface area contributed by atoms with E-state index in [1.54, 1.807) is 0 Å². The van der Waals surface area contributed by atoms with Crippen LogP contribution in [0, 0.1) is 5.41 Å². The second-order valence-electron chi connectivity index (χ2n) is 3.85. The van der Waals surface area contributed by atoms with Crippen LogP contribution in [0.2, 0.25) is 0 Å². The van der Waals surface area contributed by atoms with Gasteiger partial charge in [-0.3, -0.25) is 0 Å². The lowest BCUT2D eigenvalue weighted by molar-refractivity contribution is 0.235. The van der Waals surface area contributed by atoms with Gasteiger partial charge in [-0.2, -0.15) is 0 Å². The summed E-state index contributed by atoms with van der Waals surface area (Å²) < 4.78 is 5.26. The van der Waals surface area contributed by atoms with Crippen molar-refractivity contribution in [1.82, 2.24) is 0 Å². The van der Waals surface area contributed by atoms with E-state index in [2.05, 4.69) is 25.8 Å². The van der Waals surface area contributed by atoms with Crippen molar-refractivity contribution in [2.45, 2.75) is 26.8 Å². The van der Waals surface area contributed by atoms with Gasteiger partial charge >= 0.3 is 0 Å². The Balaban J connectivity index is 2.59. The molecule has 1 aliphatic rings. The molecule has 0 aromatic carbocycles. The number of rotatable bonds is 1. The van der Waals surface area contributed by atoms with E-state index in [4.69, 9.17) is 16.3 Å². The summed E-state index contributed by atoms with van der Waals surface area (Å²) in [6, 6.07) is 0.274. The fourth-order valence-electron chi connectivity index (χ4n) is 0.940. The van der Waals surface area contributed by atoms with Gasteiger partial charge in [-0.25, -0.2) is 4.99 Å². The molecular weight excluding hydrogens is 162 g/mol. The van der Waals surface area contributed by atoms with Gasteiger partial charge in [0.1, 0.15) is 6.61 Å². The smallest absolute Gasteiger partial charge is 0.199 e. The van der Waals surface area contributed by atoms with Gasteiger partial charge in [0.05, 0.1) is 11.9 Å². The molecule has 3 heteroatoms. The van der Waals surface area contributed by atoms with Crippen molar-refractivity contribution >= 4 is 17.5 Å². The molecule has 2 nitrogen and oxygen atoms in total. The standard InChI is InChI=1S/C8H14ClNO/c1-8(2,3)6-5-11-7(4-9)10-6/h6H,4-5H2,1-3H3/t6-/m1/s1. The molecule has 1 aliphatic heterocycles. The average molecular weight is 176 g/mol. The minimum absolute atomic E-state index is 0.188. The van der Waals surface area contributed by atoms with Crippen LogP contribution < -0.4 is 0 Å². The van der Waals surface area contributed by atoms with Crippen LogP contribution >= 0.6 is 11.6 Å². The molecule has 0 fully saturated rings. The molecule has 0 aromatic heterocycles. The molecule has 0 aliphatic carbocycles. The summed E-state index contributed by atoms with van der Waals surface area (Å²) in [7, 11) is 0. The zero-order chi connectivity index (χ0) is 8.48. The molecule has 0 saturated heterocycles. The van der Waals surface area contributed by atoms with Crippen LogP contribution in [0.15, 0.2) is 4.99 Å². The Bertz CT molecular complexity index is 171. The quantitative estimate of drug-likeness (QED) is 0.560. The average Bonchev–Trinajstić information content (AvgIpc) is 2.32. The maximum Gasteiger partial charge on any atom is 0.199 e. The van der Waals surface area contributed by atoms with Crippen LogP contribution in [-0.2, 0) is 4.74 Å². The second-order valence-corrected chi connectivity index (χ2v) is 4.12. The van der Waals surface area contributed by atoms with E-state index in [0.29, 0.717) is 18.4 Å². The van der Waals surface area contributed by atoms with Crippen molar-refractivity contribution in [1.29, 1.82) is 0 Å². The van der Waals surface area contributed by atoms with E-state index < -0.39 is 0 Å². The van der Waals surface area contributed by atoms with Crippen molar-refractivity contribution in [3.8, 4) is 0 Å². The molecule has 0 bridgehead atoms. The predicted molar refractivity (Wildman–Crippen MR) is 47.4 cm³/mol. The van der Waals surface area contributed by atoms with Crippen molar-refractivity contribution in [2.24, 2.45) is 10.4 Å². The highest BCUT2D eigenvalue weighted by Gasteiger charge is 2.29. The minimum Gasteiger partial charge on any atom is -0.478 e. The third kappa shape index (κ3) is 2.09. The highest BCUT2D eigenvalue weighted by Crippen LogP contribution is 2.25. The highest BCUT2D eigenvalue weighted by atomic mass is 35.5. The van der Waals surface area contributed by atoms with Crippen molar-refractivity contribution in [2.75, 3.05) is 12.5 Å². The second kappa shape index (κ2) is 3.02. The van der Waals surface area contributed by atoms with Gasteiger partial charge in [-0.05, 0) is 5.41 Å². The lowest BCUT2D eigenvalue weighted by Gasteiger charge is -2.21. The van der Waals surface area contributed by atoms with Crippen LogP contribution in [0.1, 0.15) is 20.8 Å². The van der Waals surface area contributed by atoms with Crippen LogP contribution in [-0.4, -0.2) is 24.4 Å². The van der Waals surface area contributed by atoms with E-state index >= 15 is 0 Å². The third-order valence-corrected chi connectivity index (χ3v) is 2.05. The zero-order valence-electron chi connectivity index (χ0n) is 7.22. The first kappa shape index (κ1) is 8.85. The van der Waals surface area contributed by atoms with E-state index in [9.17, 15) is 0 Å². The van der Waals surface area contributed by atoms with Crippen molar-refractivity contribution in [3.63, 3.8) is 0 Å². The number of aliphatic imine (C=N–C) groups is 1. The number of ether oxygens (including phenoxy) is 1. The van der Waals surface area contributed by atoms with E-state index in [1.807, 2.05) is 0 Å². The fraction of sp³-hybridized carbons (Fsp3) is 0.875. The normalized spacial score (nSPS) is 24.7. The van der Waals surface area contributed by atoms with Gasteiger partial charge in [0.15, 0.2) is 5.90 Å². The van der Waals surface area contributed by atoms with Crippen molar-refractivity contribution < 1.29 is 4.74 Å². The van der Waals surface area contributed by atoms with Gasteiger partial charge in [0.25, 0.3) is 0 Å². The number of alkyl halides is 1. The van der Waals surface area contributed by atoms with Gasteiger partial charge in [-0.1, -0.05) is 20.8 Å². The first-order chi connectivity index (χ1) is 5.04. The van der Waals surface area contributed by atoms with E-state index in [1.165, 1.54) is 0 Å². The molecule has 11 heavy (non-hydrogen) atoms. The third-order valence-electron chi connectivity index (χ3n) is 1.82. The maximum absolute atomic E-state index is 5.57. The Morgan fingerprint density at radius 2 is 2.27 bits per heavy atom. The lowest BCUT2D eigenvalue weighted by atomic mass is 9.88. The van der Waals surface area contributed by atoms with Gasteiger partial charge in [0.2, 0.25) is 0 Å². The van der Waals surface area contributed by atoms with Crippen LogP contribution in [0.3, 0.4) is 0 Å². The molecule has 1 heterocycles. The highest BCUT2D eigenvalue weighted by molar-refractivity contribution is 6.27. The Morgan fingerprint density at radius 3 is 2.55 bits per heavy atom. The minimum atomic E-state index is 0.188. The number of nitrogens with zero attached hydrogens (tertiary/aromatic N) is 1. The number of hydrogen-bond acceptors (Lipinski definition) is 2. The molecule has 0 N–H and O–H groups in total. The van der Waals surface area contributed by atoms with Gasteiger partial charge < -0.3 is 4.74 Å². The summed E-state index contributed by atoms with van der Waals surface area (Å²) in [5.74, 6) is 1.08. The molecule has 0 spiro atoms. The summed E-state index contributed by atoms with van der Waals surface area (Å²) in [6.07, 6.45) is 0. The zero-order valence-corrected chi connectivity index (χ0v) is 7.98. The molecule has 64 valence electrons. The largest absolute Gasteiger partial charge is 0.478 e. The molecule has 0 unspecified atom stereocenters.